The van der Waals surface area contributed by atoms with Crippen molar-refractivity contribution >= 4 is 23.5 Å². The summed E-state index contributed by atoms with van der Waals surface area (Å²) in [6.07, 6.45) is 10.5. The van der Waals surface area contributed by atoms with Gasteiger partial charge in [0, 0.05) is 23.0 Å². The minimum absolute atomic E-state index is 0.0492. The molecule has 1 aliphatic carbocycles. The SMILES string of the molecule is COC(=O)CCCCCCC1C(=O)C=C[C@@H]1CCC(C)(O)CSc1ccccc1. The summed E-state index contributed by atoms with van der Waals surface area (Å²) in [7, 11) is 1.42. The molecule has 3 atom stereocenters. The van der Waals surface area contributed by atoms with Crippen LogP contribution in [0.3, 0.4) is 0 Å². The van der Waals surface area contributed by atoms with Crippen molar-refractivity contribution in [2.45, 2.75) is 68.8 Å². The summed E-state index contributed by atoms with van der Waals surface area (Å²) >= 11 is 1.67. The predicted molar refractivity (Wildman–Crippen MR) is 118 cm³/mol. The Bertz CT molecular complexity index is 669. The third kappa shape index (κ3) is 8.75. The summed E-state index contributed by atoms with van der Waals surface area (Å²) in [5.74, 6) is 0.992. The van der Waals surface area contributed by atoms with E-state index in [9.17, 15) is 14.7 Å². The van der Waals surface area contributed by atoms with Gasteiger partial charge in [0.1, 0.15) is 0 Å². The molecule has 0 radical (unpaired) electrons. The van der Waals surface area contributed by atoms with Gasteiger partial charge in [-0.1, -0.05) is 43.5 Å². The van der Waals surface area contributed by atoms with Gasteiger partial charge in [0.25, 0.3) is 0 Å². The molecule has 0 amide bonds. The summed E-state index contributed by atoms with van der Waals surface area (Å²) in [5, 5.41) is 10.8. The summed E-state index contributed by atoms with van der Waals surface area (Å²) in [6.45, 7) is 1.89. The average Bonchev–Trinajstić information content (AvgIpc) is 3.08. The van der Waals surface area contributed by atoms with Crippen LogP contribution < -0.4 is 0 Å². The Morgan fingerprint density at radius 3 is 2.59 bits per heavy atom. The molecule has 160 valence electrons. The first-order valence-electron chi connectivity index (χ1n) is 10.6. The van der Waals surface area contributed by atoms with Gasteiger partial charge < -0.3 is 9.84 Å². The van der Waals surface area contributed by atoms with Crippen LogP contribution >= 0.6 is 11.8 Å². The van der Waals surface area contributed by atoms with Crippen LogP contribution in [0, 0.1) is 11.8 Å². The van der Waals surface area contributed by atoms with Crippen LogP contribution in [0.2, 0.25) is 0 Å². The average molecular weight is 419 g/mol. The normalized spacial score (nSPS) is 20.6. The third-order valence-corrected chi connectivity index (χ3v) is 6.94. The van der Waals surface area contributed by atoms with Crippen molar-refractivity contribution < 1.29 is 19.4 Å². The molecule has 2 rings (SSSR count). The number of ether oxygens (including phenoxy) is 1. The molecular weight excluding hydrogens is 384 g/mol. The second-order valence-electron chi connectivity index (χ2n) is 8.20. The zero-order chi connectivity index (χ0) is 21.1. The van der Waals surface area contributed by atoms with E-state index in [0.29, 0.717) is 18.6 Å². The first-order chi connectivity index (χ1) is 13.9. The number of carbonyl (C=O) groups is 2. The van der Waals surface area contributed by atoms with Crippen LogP contribution in [0.1, 0.15) is 58.3 Å². The van der Waals surface area contributed by atoms with Gasteiger partial charge in [0.15, 0.2) is 5.78 Å². The number of methoxy groups -OCH3 is 1. The molecule has 0 aliphatic heterocycles. The number of unbranched alkanes of at least 4 members (excludes halogenated alkanes) is 3. The van der Waals surface area contributed by atoms with E-state index in [0.717, 1.165) is 43.4 Å². The minimum atomic E-state index is -0.752. The molecule has 0 saturated carbocycles. The summed E-state index contributed by atoms with van der Waals surface area (Å²) in [4.78, 5) is 24.5. The molecule has 1 N–H and O–H groups in total. The number of benzene rings is 1. The number of carbonyl (C=O) groups excluding carboxylic acids is 2. The zero-order valence-corrected chi connectivity index (χ0v) is 18.5. The van der Waals surface area contributed by atoms with Crippen molar-refractivity contribution in [1.29, 1.82) is 0 Å². The summed E-state index contributed by atoms with van der Waals surface area (Å²) < 4.78 is 4.65. The van der Waals surface area contributed by atoms with E-state index in [1.165, 1.54) is 7.11 Å². The number of ketones is 1. The lowest BCUT2D eigenvalue weighted by atomic mass is 9.84. The molecule has 4 nitrogen and oxygen atoms in total. The fourth-order valence-electron chi connectivity index (χ4n) is 3.74. The standard InChI is InChI=1S/C24H34O4S/c1-24(27,18-29-20-10-6-5-7-11-20)17-16-19-14-15-22(25)21(19)12-8-3-4-9-13-23(26)28-2/h5-7,10-11,14-15,19,21,27H,3-4,8-9,12-13,16-18H2,1-2H3/t19-,21?,24?/m1/s1. The highest BCUT2D eigenvalue weighted by molar-refractivity contribution is 7.99. The third-order valence-electron chi connectivity index (χ3n) is 5.57. The van der Waals surface area contributed by atoms with Crippen molar-refractivity contribution in [3.8, 4) is 0 Å². The molecule has 1 aromatic rings. The van der Waals surface area contributed by atoms with Crippen LogP contribution in [0.5, 0.6) is 0 Å². The maximum atomic E-state index is 12.3. The van der Waals surface area contributed by atoms with Crippen molar-refractivity contribution in [3.05, 3.63) is 42.5 Å². The Morgan fingerprint density at radius 2 is 1.86 bits per heavy atom. The fraction of sp³-hybridized carbons (Fsp3) is 0.583. The number of hydrogen-bond acceptors (Lipinski definition) is 5. The molecule has 29 heavy (non-hydrogen) atoms. The molecule has 5 heteroatoms. The highest BCUT2D eigenvalue weighted by Crippen LogP contribution is 2.34. The van der Waals surface area contributed by atoms with E-state index in [2.05, 4.69) is 16.9 Å². The fourth-order valence-corrected chi connectivity index (χ4v) is 4.71. The number of thioether (sulfide) groups is 1. The molecule has 2 unspecified atom stereocenters. The molecule has 0 fully saturated rings. The van der Waals surface area contributed by atoms with Gasteiger partial charge >= 0.3 is 5.97 Å². The van der Waals surface area contributed by atoms with E-state index >= 15 is 0 Å². The monoisotopic (exact) mass is 418 g/mol. The molecule has 0 spiro atoms. The van der Waals surface area contributed by atoms with E-state index in [4.69, 9.17) is 0 Å². The maximum Gasteiger partial charge on any atom is 0.305 e. The highest BCUT2D eigenvalue weighted by Gasteiger charge is 2.31. The Balaban J connectivity index is 1.69. The van der Waals surface area contributed by atoms with Gasteiger partial charge in [0.2, 0.25) is 0 Å². The Morgan fingerprint density at radius 1 is 1.14 bits per heavy atom. The van der Waals surface area contributed by atoms with Crippen molar-refractivity contribution in [3.63, 3.8) is 0 Å². The Labute approximate surface area is 179 Å². The maximum absolute atomic E-state index is 12.3. The first-order valence-corrected chi connectivity index (χ1v) is 11.6. The predicted octanol–water partition coefficient (Wildman–Crippen LogP) is 5.19. The summed E-state index contributed by atoms with van der Waals surface area (Å²) in [5.41, 5.74) is -0.752. The molecule has 0 saturated heterocycles. The highest BCUT2D eigenvalue weighted by atomic mass is 32.2. The number of allylic oxidation sites excluding steroid dienone is 2. The van der Waals surface area contributed by atoms with Crippen LogP contribution in [0.15, 0.2) is 47.4 Å². The molecule has 0 heterocycles. The van der Waals surface area contributed by atoms with Gasteiger partial charge in [0.05, 0.1) is 12.7 Å². The van der Waals surface area contributed by atoms with E-state index in [1.807, 2.05) is 31.2 Å². The lowest BCUT2D eigenvalue weighted by molar-refractivity contribution is -0.140. The lowest BCUT2D eigenvalue weighted by Gasteiger charge is -2.26. The Kier molecular flexibility index (Phi) is 9.95. The topological polar surface area (TPSA) is 63.6 Å². The van der Waals surface area contributed by atoms with Crippen molar-refractivity contribution in [1.82, 2.24) is 0 Å². The van der Waals surface area contributed by atoms with E-state index < -0.39 is 5.60 Å². The van der Waals surface area contributed by atoms with Crippen molar-refractivity contribution in [2.24, 2.45) is 11.8 Å². The number of rotatable bonds is 13. The smallest absolute Gasteiger partial charge is 0.305 e. The lowest BCUT2D eigenvalue weighted by Crippen LogP contribution is -2.29. The molecule has 1 aromatic carbocycles. The number of esters is 1. The minimum Gasteiger partial charge on any atom is -0.469 e. The van der Waals surface area contributed by atoms with Crippen LogP contribution in [0.4, 0.5) is 0 Å². The van der Waals surface area contributed by atoms with Gasteiger partial charge in [-0.15, -0.1) is 11.8 Å². The Hall–Kier alpha value is -1.59. The largest absolute Gasteiger partial charge is 0.469 e. The second-order valence-corrected chi connectivity index (χ2v) is 9.25. The quantitative estimate of drug-likeness (QED) is 0.271. The van der Waals surface area contributed by atoms with Gasteiger partial charge in [-0.05, 0) is 56.7 Å². The number of hydrogen-bond donors (Lipinski definition) is 1. The first kappa shape index (κ1) is 23.7. The van der Waals surface area contributed by atoms with Crippen LogP contribution in [-0.4, -0.2) is 35.3 Å². The number of aliphatic hydroxyl groups is 1. The molecule has 0 aromatic heterocycles. The molecule has 0 bridgehead atoms. The molecular formula is C24H34O4S. The van der Waals surface area contributed by atoms with Crippen molar-refractivity contribution in [2.75, 3.05) is 12.9 Å². The van der Waals surface area contributed by atoms with Crippen LogP contribution in [0.25, 0.3) is 0 Å². The van der Waals surface area contributed by atoms with Gasteiger partial charge in [-0.3, -0.25) is 9.59 Å². The van der Waals surface area contributed by atoms with E-state index in [-0.39, 0.29) is 23.6 Å². The van der Waals surface area contributed by atoms with E-state index in [1.54, 1.807) is 17.8 Å². The van der Waals surface area contributed by atoms with Crippen LogP contribution in [-0.2, 0) is 14.3 Å². The summed E-state index contributed by atoms with van der Waals surface area (Å²) in [6, 6.07) is 10.1. The zero-order valence-electron chi connectivity index (χ0n) is 17.6. The van der Waals surface area contributed by atoms with Gasteiger partial charge in [-0.2, -0.15) is 0 Å². The molecule has 1 aliphatic rings. The second kappa shape index (κ2) is 12.2. The van der Waals surface area contributed by atoms with Gasteiger partial charge in [-0.25, -0.2) is 0 Å².